The Labute approximate surface area is 115 Å². The molecule has 1 saturated heterocycles. The Kier molecular flexibility index (Phi) is 4.74. The predicted octanol–water partition coefficient (Wildman–Crippen LogP) is 1.87. The van der Waals surface area contributed by atoms with Crippen LogP contribution in [-0.4, -0.2) is 31.8 Å². The summed E-state index contributed by atoms with van der Waals surface area (Å²) in [6.07, 6.45) is 0.737. The van der Waals surface area contributed by atoms with Gasteiger partial charge in [-0.3, -0.25) is 4.79 Å². The fourth-order valence-corrected chi connectivity index (χ4v) is 2.21. The van der Waals surface area contributed by atoms with Crippen LogP contribution in [0.4, 0.5) is 0 Å². The summed E-state index contributed by atoms with van der Waals surface area (Å²) in [5.41, 5.74) is 1.12. The standard InChI is InChI=1S/C13H16BrNO3/c1-17-13(16)12-6-11(7-15-12)18-8-9-2-4-10(14)5-3-9/h2-5,11-12,15H,6-8H2,1H3/t11?,12-/m0/s1. The molecule has 5 heteroatoms. The first-order valence-electron chi connectivity index (χ1n) is 5.86. The zero-order valence-electron chi connectivity index (χ0n) is 10.2. The average molecular weight is 314 g/mol. The first-order chi connectivity index (χ1) is 8.69. The molecule has 0 aromatic heterocycles. The molecule has 0 radical (unpaired) electrons. The number of nitrogens with one attached hydrogen (secondary N) is 1. The Bertz CT molecular complexity index is 407. The van der Waals surface area contributed by atoms with Crippen molar-refractivity contribution in [1.82, 2.24) is 5.32 Å². The van der Waals surface area contributed by atoms with Gasteiger partial charge in [-0.25, -0.2) is 0 Å². The van der Waals surface area contributed by atoms with Gasteiger partial charge in [-0.1, -0.05) is 28.1 Å². The summed E-state index contributed by atoms with van der Waals surface area (Å²) in [7, 11) is 1.40. The molecule has 0 amide bonds. The van der Waals surface area contributed by atoms with E-state index < -0.39 is 0 Å². The summed E-state index contributed by atoms with van der Waals surface area (Å²) in [6.45, 7) is 1.25. The van der Waals surface area contributed by atoms with Gasteiger partial charge in [0.05, 0.1) is 19.8 Å². The van der Waals surface area contributed by atoms with Crippen molar-refractivity contribution in [3.8, 4) is 0 Å². The van der Waals surface area contributed by atoms with Gasteiger partial charge in [0.2, 0.25) is 0 Å². The predicted molar refractivity (Wildman–Crippen MR) is 71.1 cm³/mol. The molecule has 1 N–H and O–H groups in total. The van der Waals surface area contributed by atoms with E-state index in [2.05, 4.69) is 21.2 Å². The normalized spacial score (nSPS) is 23.0. The molecule has 1 aliphatic heterocycles. The van der Waals surface area contributed by atoms with Gasteiger partial charge in [-0.05, 0) is 17.7 Å². The van der Waals surface area contributed by atoms with Crippen LogP contribution < -0.4 is 5.32 Å². The van der Waals surface area contributed by atoms with Crippen LogP contribution in [-0.2, 0) is 20.9 Å². The highest BCUT2D eigenvalue weighted by Crippen LogP contribution is 2.15. The second kappa shape index (κ2) is 6.31. The van der Waals surface area contributed by atoms with Gasteiger partial charge in [-0.15, -0.1) is 0 Å². The van der Waals surface area contributed by atoms with E-state index in [0.717, 1.165) is 10.0 Å². The summed E-state index contributed by atoms with van der Waals surface area (Å²) >= 11 is 3.39. The highest BCUT2D eigenvalue weighted by atomic mass is 79.9. The summed E-state index contributed by atoms with van der Waals surface area (Å²) in [6, 6.07) is 7.78. The lowest BCUT2D eigenvalue weighted by Gasteiger charge is -2.11. The number of carbonyl (C=O) groups excluding carboxylic acids is 1. The molecule has 0 saturated carbocycles. The van der Waals surface area contributed by atoms with Crippen molar-refractivity contribution in [3.05, 3.63) is 34.3 Å². The molecule has 2 rings (SSSR count). The highest BCUT2D eigenvalue weighted by molar-refractivity contribution is 9.10. The van der Waals surface area contributed by atoms with Crippen molar-refractivity contribution in [2.24, 2.45) is 0 Å². The Morgan fingerprint density at radius 3 is 2.83 bits per heavy atom. The SMILES string of the molecule is COC(=O)[C@@H]1CC(OCc2ccc(Br)cc2)CN1. The molecule has 1 aromatic carbocycles. The average Bonchev–Trinajstić information content (AvgIpc) is 2.86. The molecule has 2 atom stereocenters. The van der Waals surface area contributed by atoms with Crippen LogP contribution in [0.1, 0.15) is 12.0 Å². The molecule has 18 heavy (non-hydrogen) atoms. The van der Waals surface area contributed by atoms with Gasteiger partial charge >= 0.3 is 5.97 Å². The molecule has 0 bridgehead atoms. The van der Waals surface area contributed by atoms with Crippen molar-refractivity contribution in [2.75, 3.05) is 13.7 Å². The molecule has 0 spiro atoms. The lowest BCUT2D eigenvalue weighted by atomic mass is 10.2. The number of benzene rings is 1. The summed E-state index contributed by atoms with van der Waals surface area (Å²) in [5.74, 6) is -0.218. The minimum absolute atomic E-state index is 0.0674. The topological polar surface area (TPSA) is 47.6 Å². The molecule has 1 heterocycles. The second-order valence-corrected chi connectivity index (χ2v) is 5.19. The number of ether oxygens (including phenoxy) is 2. The van der Waals surface area contributed by atoms with E-state index in [1.54, 1.807) is 0 Å². The lowest BCUT2D eigenvalue weighted by molar-refractivity contribution is -0.142. The highest BCUT2D eigenvalue weighted by Gasteiger charge is 2.30. The van der Waals surface area contributed by atoms with E-state index >= 15 is 0 Å². The molecule has 0 aliphatic carbocycles. The second-order valence-electron chi connectivity index (χ2n) is 4.28. The molecule has 4 nitrogen and oxygen atoms in total. The number of methoxy groups -OCH3 is 1. The maximum Gasteiger partial charge on any atom is 0.322 e. The van der Waals surface area contributed by atoms with Crippen LogP contribution in [0.15, 0.2) is 28.7 Å². The van der Waals surface area contributed by atoms with Crippen molar-refractivity contribution in [3.63, 3.8) is 0 Å². The maximum atomic E-state index is 11.3. The fourth-order valence-electron chi connectivity index (χ4n) is 1.95. The lowest BCUT2D eigenvalue weighted by Crippen LogP contribution is -2.31. The van der Waals surface area contributed by atoms with Gasteiger partial charge < -0.3 is 14.8 Å². The molecule has 98 valence electrons. The van der Waals surface area contributed by atoms with Crippen molar-refractivity contribution < 1.29 is 14.3 Å². The number of hydrogen-bond donors (Lipinski definition) is 1. The zero-order chi connectivity index (χ0) is 13.0. The van der Waals surface area contributed by atoms with Crippen molar-refractivity contribution >= 4 is 21.9 Å². The van der Waals surface area contributed by atoms with Gasteiger partial charge in [0, 0.05) is 17.4 Å². The van der Waals surface area contributed by atoms with E-state index in [1.165, 1.54) is 7.11 Å². The molecule has 1 aromatic rings. The van der Waals surface area contributed by atoms with Crippen LogP contribution in [0.5, 0.6) is 0 Å². The quantitative estimate of drug-likeness (QED) is 0.862. The third kappa shape index (κ3) is 3.54. The van der Waals surface area contributed by atoms with E-state index in [4.69, 9.17) is 9.47 Å². The minimum atomic E-state index is -0.232. The third-order valence-electron chi connectivity index (χ3n) is 2.98. The van der Waals surface area contributed by atoms with Gasteiger partial charge in [0.1, 0.15) is 6.04 Å². The van der Waals surface area contributed by atoms with Crippen LogP contribution in [0, 0.1) is 0 Å². The Morgan fingerprint density at radius 2 is 2.17 bits per heavy atom. The summed E-state index contributed by atoms with van der Waals surface area (Å²) < 4.78 is 11.5. The number of rotatable bonds is 4. The molecular weight excluding hydrogens is 298 g/mol. The first kappa shape index (κ1) is 13.5. The van der Waals surface area contributed by atoms with Crippen LogP contribution in [0.25, 0.3) is 0 Å². The van der Waals surface area contributed by atoms with E-state index in [9.17, 15) is 4.79 Å². The van der Waals surface area contributed by atoms with Crippen LogP contribution in [0.2, 0.25) is 0 Å². The number of halogens is 1. The largest absolute Gasteiger partial charge is 0.468 e. The summed E-state index contributed by atoms with van der Waals surface area (Å²) in [5, 5.41) is 3.10. The van der Waals surface area contributed by atoms with Crippen molar-refractivity contribution in [2.45, 2.75) is 25.2 Å². The van der Waals surface area contributed by atoms with E-state index in [1.807, 2.05) is 24.3 Å². The number of carbonyl (C=O) groups is 1. The van der Waals surface area contributed by atoms with Crippen LogP contribution in [0.3, 0.4) is 0 Å². The number of esters is 1. The fraction of sp³-hybridized carbons (Fsp3) is 0.462. The number of hydrogen-bond acceptors (Lipinski definition) is 4. The zero-order valence-corrected chi connectivity index (χ0v) is 11.8. The van der Waals surface area contributed by atoms with Crippen LogP contribution >= 0.6 is 15.9 Å². The Morgan fingerprint density at radius 1 is 1.44 bits per heavy atom. The Hall–Kier alpha value is -0.910. The van der Waals surface area contributed by atoms with E-state index in [0.29, 0.717) is 19.6 Å². The molecule has 1 fully saturated rings. The molecule has 1 aliphatic rings. The minimum Gasteiger partial charge on any atom is -0.468 e. The van der Waals surface area contributed by atoms with Gasteiger partial charge in [0.15, 0.2) is 0 Å². The van der Waals surface area contributed by atoms with Crippen molar-refractivity contribution in [1.29, 1.82) is 0 Å². The third-order valence-corrected chi connectivity index (χ3v) is 3.50. The summed E-state index contributed by atoms with van der Waals surface area (Å²) in [4.78, 5) is 11.3. The monoisotopic (exact) mass is 313 g/mol. The smallest absolute Gasteiger partial charge is 0.322 e. The van der Waals surface area contributed by atoms with Gasteiger partial charge in [0.25, 0.3) is 0 Å². The van der Waals surface area contributed by atoms with Gasteiger partial charge in [-0.2, -0.15) is 0 Å². The van der Waals surface area contributed by atoms with E-state index in [-0.39, 0.29) is 18.1 Å². The molecular formula is C13H16BrNO3. The Balaban J connectivity index is 1.78. The first-order valence-corrected chi connectivity index (χ1v) is 6.65. The maximum absolute atomic E-state index is 11.3. The molecule has 1 unspecified atom stereocenters.